The highest BCUT2D eigenvalue weighted by atomic mass is 16.6. The topological polar surface area (TPSA) is 139 Å². The Bertz CT molecular complexity index is 1030. The number of nitro groups is 1. The minimum Gasteiger partial charge on any atom is -0.497 e. The third-order valence-electron chi connectivity index (χ3n) is 3.75. The number of carbonyl (C=O) groups excluding carboxylic acids is 2. The zero-order valence-electron chi connectivity index (χ0n) is 14.6. The monoisotopic (exact) mass is 381 g/mol. The van der Waals surface area contributed by atoms with Crippen molar-refractivity contribution in [1.29, 1.82) is 0 Å². The quantitative estimate of drug-likeness (QED) is 0.443. The van der Waals surface area contributed by atoms with Crippen molar-refractivity contribution in [2.24, 2.45) is 0 Å². The fourth-order valence-electron chi connectivity index (χ4n) is 2.39. The number of nitro benzene ring substituents is 1. The van der Waals surface area contributed by atoms with Gasteiger partial charge in [0.05, 0.1) is 18.4 Å². The molecule has 10 nitrogen and oxygen atoms in total. The summed E-state index contributed by atoms with van der Waals surface area (Å²) < 4.78 is 5.10. The number of rotatable bonds is 6. The summed E-state index contributed by atoms with van der Waals surface area (Å²) in [6, 6.07) is 12.0. The predicted octanol–water partition coefficient (Wildman–Crippen LogP) is 2.83. The van der Waals surface area contributed by atoms with Crippen molar-refractivity contribution in [3.05, 3.63) is 76.4 Å². The molecule has 0 spiro atoms. The van der Waals surface area contributed by atoms with E-state index in [9.17, 15) is 19.7 Å². The minimum atomic E-state index is -0.609. The molecule has 2 aromatic carbocycles. The van der Waals surface area contributed by atoms with Crippen LogP contribution in [-0.4, -0.2) is 33.8 Å². The third kappa shape index (κ3) is 4.12. The van der Waals surface area contributed by atoms with Crippen molar-refractivity contribution in [3.63, 3.8) is 0 Å². The first kappa shape index (κ1) is 18.6. The van der Waals surface area contributed by atoms with E-state index < -0.39 is 16.7 Å². The second kappa shape index (κ2) is 7.99. The highest BCUT2D eigenvalue weighted by Crippen LogP contribution is 2.19. The number of benzene rings is 2. The van der Waals surface area contributed by atoms with Gasteiger partial charge in [0.25, 0.3) is 17.5 Å². The molecule has 0 aliphatic rings. The Balaban J connectivity index is 1.73. The highest BCUT2D eigenvalue weighted by Gasteiger charge is 2.21. The number of aromatic nitrogens is 2. The Morgan fingerprint density at radius 1 is 1.07 bits per heavy atom. The minimum absolute atomic E-state index is 0.0428. The molecule has 1 heterocycles. The fourth-order valence-corrected chi connectivity index (χ4v) is 2.39. The van der Waals surface area contributed by atoms with Gasteiger partial charge in [-0.2, -0.15) is 0 Å². The first-order valence-corrected chi connectivity index (χ1v) is 8.02. The number of hydrogen-bond acceptors (Lipinski definition) is 6. The predicted molar refractivity (Wildman–Crippen MR) is 101 cm³/mol. The van der Waals surface area contributed by atoms with E-state index in [1.807, 2.05) is 0 Å². The van der Waals surface area contributed by atoms with Gasteiger partial charge in [0, 0.05) is 29.6 Å². The van der Waals surface area contributed by atoms with Gasteiger partial charge >= 0.3 is 0 Å². The number of aromatic amines is 1. The van der Waals surface area contributed by atoms with Gasteiger partial charge < -0.3 is 20.4 Å². The number of methoxy groups -OCH3 is 1. The van der Waals surface area contributed by atoms with Crippen LogP contribution >= 0.6 is 0 Å². The molecule has 0 saturated carbocycles. The molecule has 3 N–H and O–H groups in total. The average molecular weight is 381 g/mol. The van der Waals surface area contributed by atoms with E-state index in [4.69, 9.17) is 4.74 Å². The van der Waals surface area contributed by atoms with Gasteiger partial charge in [0.15, 0.2) is 5.69 Å². The second-order valence-electron chi connectivity index (χ2n) is 5.57. The summed E-state index contributed by atoms with van der Waals surface area (Å²) >= 11 is 0. The fraction of sp³-hybridized carbons (Fsp3) is 0.0556. The van der Waals surface area contributed by atoms with E-state index >= 15 is 0 Å². The molecule has 0 saturated heterocycles. The number of H-pyrrole nitrogens is 1. The Hall–Kier alpha value is -4.21. The van der Waals surface area contributed by atoms with Crippen LogP contribution in [0.4, 0.5) is 17.1 Å². The van der Waals surface area contributed by atoms with Gasteiger partial charge in [-0.05, 0) is 24.3 Å². The molecular weight excluding hydrogens is 366 g/mol. The molecule has 3 aromatic rings. The van der Waals surface area contributed by atoms with Crippen LogP contribution in [-0.2, 0) is 0 Å². The largest absolute Gasteiger partial charge is 0.497 e. The van der Waals surface area contributed by atoms with Crippen molar-refractivity contribution in [2.45, 2.75) is 0 Å². The number of amides is 2. The molecule has 0 atom stereocenters. The molecule has 142 valence electrons. The van der Waals surface area contributed by atoms with E-state index in [-0.39, 0.29) is 17.1 Å². The zero-order chi connectivity index (χ0) is 20.1. The molecule has 0 aliphatic carbocycles. The highest BCUT2D eigenvalue weighted by molar-refractivity contribution is 6.13. The van der Waals surface area contributed by atoms with Gasteiger partial charge in [-0.3, -0.25) is 19.7 Å². The van der Waals surface area contributed by atoms with Crippen LogP contribution < -0.4 is 15.4 Å². The van der Waals surface area contributed by atoms with E-state index in [0.29, 0.717) is 17.1 Å². The summed E-state index contributed by atoms with van der Waals surface area (Å²) in [5.74, 6) is -0.624. The molecule has 28 heavy (non-hydrogen) atoms. The van der Waals surface area contributed by atoms with Crippen LogP contribution in [0.1, 0.15) is 21.0 Å². The molecule has 0 radical (unpaired) electrons. The van der Waals surface area contributed by atoms with Gasteiger partial charge in [0.1, 0.15) is 11.4 Å². The summed E-state index contributed by atoms with van der Waals surface area (Å²) in [5.41, 5.74) is 0.581. The summed E-state index contributed by atoms with van der Waals surface area (Å²) in [7, 11) is 1.51. The summed E-state index contributed by atoms with van der Waals surface area (Å²) in [4.78, 5) is 41.6. The Morgan fingerprint density at radius 3 is 2.46 bits per heavy atom. The number of nitrogens with one attached hydrogen (secondary N) is 3. The van der Waals surface area contributed by atoms with Crippen LogP contribution in [0.2, 0.25) is 0 Å². The molecule has 2 amide bonds. The Kier molecular flexibility index (Phi) is 5.30. The van der Waals surface area contributed by atoms with E-state index in [1.165, 1.54) is 37.7 Å². The molecule has 1 aromatic heterocycles. The van der Waals surface area contributed by atoms with Crippen LogP contribution in [0.5, 0.6) is 5.75 Å². The smallest absolute Gasteiger partial charge is 0.276 e. The third-order valence-corrected chi connectivity index (χ3v) is 3.75. The SMILES string of the molecule is COc1cccc(NC(=O)c2nc[nH]c2C(=O)Nc2ccc([N+](=O)[O-])cc2)c1. The summed E-state index contributed by atoms with van der Waals surface area (Å²) in [6.07, 6.45) is 1.23. The molecular formula is C18H15N5O5. The van der Waals surface area contributed by atoms with E-state index in [1.54, 1.807) is 24.3 Å². The lowest BCUT2D eigenvalue weighted by molar-refractivity contribution is -0.384. The molecule has 10 heteroatoms. The van der Waals surface area contributed by atoms with Crippen molar-refractivity contribution >= 4 is 28.9 Å². The summed E-state index contributed by atoms with van der Waals surface area (Å²) in [6.45, 7) is 0. The molecule has 0 unspecified atom stereocenters. The summed E-state index contributed by atoms with van der Waals surface area (Å²) in [5, 5.41) is 15.9. The Labute approximate surface area is 158 Å². The van der Waals surface area contributed by atoms with Gasteiger partial charge in [0.2, 0.25) is 0 Å². The lowest BCUT2D eigenvalue weighted by Crippen LogP contribution is -2.20. The lowest BCUT2D eigenvalue weighted by atomic mass is 10.2. The zero-order valence-corrected chi connectivity index (χ0v) is 14.6. The number of non-ortho nitro benzene ring substituents is 1. The number of hydrogen-bond donors (Lipinski definition) is 3. The lowest BCUT2D eigenvalue weighted by Gasteiger charge is -2.08. The van der Waals surface area contributed by atoms with Crippen molar-refractivity contribution in [2.75, 3.05) is 17.7 Å². The standard InChI is InChI=1S/C18H15N5O5/c1-28-14-4-2-3-12(9-14)22-18(25)16-15(19-10-20-16)17(24)21-11-5-7-13(8-6-11)23(26)27/h2-10H,1H3,(H,19,20)(H,21,24)(H,22,25). The molecule has 0 fully saturated rings. The molecule has 3 rings (SSSR count). The van der Waals surface area contributed by atoms with Crippen molar-refractivity contribution in [1.82, 2.24) is 9.97 Å². The maximum absolute atomic E-state index is 12.5. The van der Waals surface area contributed by atoms with Crippen LogP contribution in [0, 0.1) is 10.1 Å². The van der Waals surface area contributed by atoms with E-state index in [0.717, 1.165) is 0 Å². The second-order valence-corrected chi connectivity index (χ2v) is 5.57. The first-order valence-electron chi connectivity index (χ1n) is 8.02. The maximum Gasteiger partial charge on any atom is 0.276 e. The van der Waals surface area contributed by atoms with Gasteiger partial charge in [-0.25, -0.2) is 4.98 Å². The molecule has 0 bridgehead atoms. The number of imidazole rings is 1. The van der Waals surface area contributed by atoms with Crippen LogP contribution in [0.25, 0.3) is 0 Å². The van der Waals surface area contributed by atoms with Crippen molar-refractivity contribution in [3.8, 4) is 5.75 Å². The maximum atomic E-state index is 12.5. The van der Waals surface area contributed by atoms with Crippen LogP contribution in [0.15, 0.2) is 54.9 Å². The van der Waals surface area contributed by atoms with E-state index in [2.05, 4.69) is 20.6 Å². The molecule has 0 aliphatic heterocycles. The number of anilines is 2. The van der Waals surface area contributed by atoms with Crippen molar-refractivity contribution < 1.29 is 19.2 Å². The van der Waals surface area contributed by atoms with Gasteiger partial charge in [-0.1, -0.05) is 6.07 Å². The number of ether oxygens (including phenoxy) is 1. The Morgan fingerprint density at radius 2 is 1.79 bits per heavy atom. The normalized spacial score (nSPS) is 10.2. The van der Waals surface area contributed by atoms with Gasteiger partial charge in [-0.15, -0.1) is 0 Å². The average Bonchev–Trinajstić information content (AvgIpc) is 3.19. The van der Waals surface area contributed by atoms with Crippen LogP contribution in [0.3, 0.4) is 0 Å². The number of carbonyl (C=O) groups is 2. The number of nitrogens with zero attached hydrogens (tertiary/aromatic N) is 2. The first-order chi connectivity index (χ1) is 13.5.